The number of carbonyl (C=O) groups excluding carboxylic acids is 1. The molecule has 6 nitrogen and oxygen atoms in total. The molecular weight excluding hydrogens is 376 g/mol. The van der Waals surface area contributed by atoms with Crippen molar-refractivity contribution >= 4 is 21.9 Å². The SMILES string of the molecule is CO/C=C(\Oc1cc(-n2ccc(C3CC3)n2)ccc1Br)C(=O)OC. The van der Waals surface area contributed by atoms with Gasteiger partial charge in [0.15, 0.2) is 0 Å². The van der Waals surface area contributed by atoms with E-state index in [2.05, 4.69) is 25.8 Å². The highest BCUT2D eigenvalue weighted by Gasteiger charge is 2.26. The summed E-state index contributed by atoms with van der Waals surface area (Å²) in [6.45, 7) is 0. The lowest BCUT2D eigenvalue weighted by Gasteiger charge is -2.11. The fourth-order valence-corrected chi connectivity index (χ4v) is 2.56. The second-order valence-corrected chi connectivity index (χ2v) is 6.24. The second-order valence-electron chi connectivity index (χ2n) is 5.39. The first kappa shape index (κ1) is 16.6. The van der Waals surface area contributed by atoms with E-state index < -0.39 is 5.97 Å². The van der Waals surface area contributed by atoms with Crippen LogP contribution in [0.3, 0.4) is 0 Å². The summed E-state index contributed by atoms with van der Waals surface area (Å²) in [6, 6.07) is 7.58. The van der Waals surface area contributed by atoms with Crippen LogP contribution >= 0.6 is 15.9 Å². The summed E-state index contributed by atoms with van der Waals surface area (Å²) < 4.78 is 17.7. The van der Waals surface area contributed by atoms with E-state index in [1.165, 1.54) is 33.3 Å². The van der Waals surface area contributed by atoms with Crippen LogP contribution in [0, 0.1) is 0 Å². The van der Waals surface area contributed by atoms with Crippen molar-refractivity contribution in [1.29, 1.82) is 0 Å². The first-order chi connectivity index (χ1) is 11.6. The van der Waals surface area contributed by atoms with Crippen LogP contribution in [0.5, 0.6) is 5.75 Å². The van der Waals surface area contributed by atoms with Gasteiger partial charge in [0.2, 0.25) is 5.76 Å². The third kappa shape index (κ3) is 3.62. The van der Waals surface area contributed by atoms with E-state index in [1.807, 2.05) is 24.4 Å². The highest BCUT2D eigenvalue weighted by Crippen LogP contribution is 2.39. The van der Waals surface area contributed by atoms with Crippen LogP contribution in [0.2, 0.25) is 0 Å². The normalized spacial score (nSPS) is 14.4. The zero-order chi connectivity index (χ0) is 17.1. The minimum Gasteiger partial charge on any atom is -0.500 e. The highest BCUT2D eigenvalue weighted by atomic mass is 79.9. The molecule has 1 heterocycles. The van der Waals surface area contributed by atoms with E-state index >= 15 is 0 Å². The molecule has 0 spiro atoms. The molecule has 2 aromatic rings. The van der Waals surface area contributed by atoms with E-state index in [9.17, 15) is 4.79 Å². The summed E-state index contributed by atoms with van der Waals surface area (Å²) in [6.07, 6.45) is 5.53. The van der Waals surface area contributed by atoms with Gasteiger partial charge >= 0.3 is 5.97 Å². The number of rotatable bonds is 6. The van der Waals surface area contributed by atoms with Gasteiger partial charge in [-0.15, -0.1) is 0 Å². The molecular formula is C17H17BrN2O4. The largest absolute Gasteiger partial charge is 0.500 e. The molecule has 1 aliphatic carbocycles. The van der Waals surface area contributed by atoms with Crippen molar-refractivity contribution in [3.63, 3.8) is 0 Å². The molecule has 0 N–H and O–H groups in total. The lowest BCUT2D eigenvalue weighted by atomic mass is 10.3. The molecule has 0 aliphatic heterocycles. The molecule has 1 aromatic heterocycles. The molecule has 0 atom stereocenters. The monoisotopic (exact) mass is 392 g/mol. The van der Waals surface area contributed by atoms with Gasteiger partial charge in [-0.3, -0.25) is 0 Å². The van der Waals surface area contributed by atoms with Crippen molar-refractivity contribution in [1.82, 2.24) is 9.78 Å². The Hall–Kier alpha value is -2.28. The Labute approximate surface area is 148 Å². The Balaban J connectivity index is 1.87. The first-order valence-corrected chi connectivity index (χ1v) is 8.26. The smallest absolute Gasteiger partial charge is 0.377 e. The van der Waals surface area contributed by atoms with Gasteiger partial charge in [0.05, 0.1) is 30.1 Å². The van der Waals surface area contributed by atoms with Crippen LogP contribution < -0.4 is 4.74 Å². The van der Waals surface area contributed by atoms with E-state index in [0.29, 0.717) is 16.1 Å². The van der Waals surface area contributed by atoms with Crippen LogP contribution in [0.1, 0.15) is 24.5 Å². The average molecular weight is 393 g/mol. The summed E-state index contributed by atoms with van der Waals surface area (Å²) >= 11 is 3.42. The Morgan fingerprint density at radius 1 is 1.33 bits per heavy atom. The zero-order valence-corrected chi connectivity index (χ0v) is 14.9. The number of nitrogens with zero attached hydrogens (tertiary/aromatic N) is 2. The van der Waals surface area contributed by atoms with Crippen molar-refractivity contribution in [2.24, 2.45) is 0 Å². The number of halogens is 1. The summed E-state index contributed by atoms with van der Waals surface area (Å²) in [7, 11) is 2.71. The third-order valence-corrected chi connectivity index (χ3v) is 4.27. The number of esters is 1. The molecule has 1 fully saturated rings. The lowest BCUT2D eigenvalue weighted by Crippen LogP contribution is -2.11. The fourth-order valence-electron chi connectivity index (χ4n) is 2.23. The average Bonchev–Trinajstić information content (AvgIpc) is 3.33. The molecule has 1 aliphatic rings. The van der Waals surface area contributed by atoms with E-state index in [4.69, 9.17) is 9.47 Å². The molecule has 1 saturated carbocycles. The molecule has 7 heteroatoms. The molecule has 0 saturated heterocycles. The Morgan fingerprint density at radius 3 is 2.79 bits per heavy atom. The van der Waals surface area contributed by atoms with Gasteiger partial charge in [0, 0.05) is 18.2 Å². The standard InChI is InChI=1S/C17H17BrN2O4/c1-22-10-16(17(21)23-2)24-15-9-12(5-6-13(15)18)20-8-7-14(19-20)11-3-4-11/h5-11H,3-4H2,1-2H3/b16-10-. The van der Waals surface area contributed by atoms with Gasteiger partial charge in [-0.05, 0) is 47.0 Å². The number of benzene rings is 1. The van der Waals surface area contributed by atoms with Gasteiger partial charge in [-0.2, -0.15) is 5.10 Å². The summed E-state index contributed by atoms with van der Waals surface area (Å²) in [5.41, 5.74) is 1.94. The first-order valence-electron chi connectivity index (χ1n) is 7.47. The van der Waals surface area contributed by atoms with Crippen LogP contribution in [0.15, 0.2) is 47.0 Å². The van der Waals surface area contributed by atoms with Crippen molar-refractivity contribution < 1.29 is 19.0 Å². The van der Waals surface area contributed by atoms with Crippen molar-refractivity contribution in [2.75, 3.05) is 14.2 Å². The van der Waals surface area contributed by atoms with Crippen molar-refractivity contribution in [3.05, 3.63) is 52.7 Å². The molecule has 3 rings (SSSR count). The van der Waals surface area contributed by atoms with Gasteiger partial charge in [-0.1, -0.05) is 0 Å². The van der Waals surface area contributed by atoms with Gasteiger partial charge in [-0.25, -0.2) is 9.48 Å². The molecule has 126 valence electrons. The molecule has 0 amide bonds. The zero-order valence-electron chi connectivity index (χ0n) is 13.4. The van der Waals surface area contributed by atoms with Crippen LogP contribution in [-0.2, 0) is 14.3 Å². The number of methoxy groups -OCH3 is 2. The molecule has 0 unspecified atom stereocenters. The number of aromatic nitrogens is 2. The third-order valence-electron chi connectivity index (χ3n) is 3.62. The Kier molecular flexibility index (Phi) is 4.89. The minimum atomic E-state index is -0.621. The predicted molar refractivity (Wildman–Crippen MR) is 91.0 cm³/mol. The highest BCUT2D eigenvalue weighted by molar-refractivity contribution is 9.10. The van der Waals surface area contributed by atoms with E-state index in [1.54, 1.807) is 10.7 Å². The topological polar surface area (TPSA) is 62.6 Å². The summed E-state index contributed by atoms with van der Waals surface area (Å²) in [4.78, 5) is 11.7. The molecule has 1 aromatic carbocycles. The van der Waals surface area contributed by atoms with Crippen molar-refractivity contribution in [3.8, 4) is 11.4 Å². The van der Waals surface area contributed by atoms with E-state index in [-0.39, 0.29) is 5.76 Å². The maximum absolute atomic E-state index is 11.7. The number of hydrogen-bond acceptors (Lipinski definition) is 5. The minimum absolute atomic E-state index is 0.0445. The Morgan fingerprint density at radius 2 is 2.12 bits per heavy atom. The maximum Gasteiger partial charge on any atom is 0.377 e. The second kappa shape index (κ2) is 7.09. The lowest BCUT2D eigenvalue weighted by molar-refractivity contribution is -0.138. The fraction of sp³-hybridized carbons (Fsp3) is 0.294. The van der Waals surface area contributed by atoms with E-state index in [0.717, 1.165) is 11.4 Å². The quantitative estimate of drug-likeness (QED) is 0.427. The van der Waals surface area contributed by atoms with Gasteiger partial charge in [0.1, 0.15) is 12.0 Å². The van der Waals surface area contributed by atoms with Gasteiger partial charge < -0.3 is 14.2 Å². The number of carbonyl (C=O) groups is 1. The Bertz CT molecular complexity index is 781. The number of hydrogen-bond donors (Lipinski definition) is 0. The molecule has 0 radical (unpaired) electrons. The van der Waals surface area contributed by atoms with Crippen LogP contribution in [-0.4, -0.2) is 30.0 Å². The number of ether oxygens (including phenoxy) is 3. The van der Waals surface area contributed by atoms with Crippen LogP contribution in [0.25, 0.3) is 5.69 Å². The molecule has 24 heavy (non-hydrogen) atoms. The maximum atomic E-state index is 11.7. The summed E-state index contributed by atoms with van der Waals surface area (Å²) in [5.74, 6) is 0.388. The van der Waals surface area contributed by atoms with Gasteiger partial charge in [0.25, 0.3) is 0 Å². The van der Waals surface area contributed by atoms with Crippen LogP contribution in [0.4, 0.5) is 0 Å². The van der Waals surface area contributed by atoms with Crippen molar-refractivity contribution in [2.45, 2.75) is 18.8 Å². The molecule has 0 bridgehead atoms. The summed E-state index contributed by atoms with van der Waals surface area (Å²) in [5, 5.41) is 4.59. The predicted octanol–water partition coefficient (Wildman–Crippen LogP) is 3.55.